The monoisotopic (exact) mass is 489 g/mol. The average molecular weight is 490 g/mol. The van der Waals surface area contributed by atoms with Crippen LogP contribution in [0.25, 0.3) is 0 Å². The normalized spacial score (nSPS) is 18.6. The molecule has 2 amide bonds. The van der Waals surface area contributed by atoms with Gasteiger partial charge in [0.15, 0.2) is 6.61 Å². The number of ether oxygens (including phenoxy) is 1. The van der Waals surface area contributed by atoms with Crippen LogP contribution in [0.3, 0.4) is 0 Å². The Morgan fingerprint density at radius 1 is 0.829 bits per heavy atom. The van der Waals surface area contributed by atoms with Crippen LogP contribution in [-0.4, -0.2) is 72.4 Å². The summed E-state index contributed by atoms with van der Waals surface area (Å²) in [5, 5.41) is 2.16. The molecule has 6 nitrogen and oxygen atoms in total. The van der Waals surface area contributed by atoms with Crippen molar-refractivity contribution in [3.05, 3.63) is 88.1 Å². The molecule has 2 aliphatic rings. The van der Waals surface area contributed by atoms with E-state index >= 15 is 0 Å². The maximum Gasteiger partial charge on any atom is 0.260 e. The fraction of sp³-hybridized carbons (Fsp3) is 0.357. The van der Waals surface area contributed by atoms with Crippen LogP contribution in [-0.2, 0) is 16.0 Å². The number of hydrogen-bond donors (Lipinski definition) is 0. The Kier molecular flexibility index (Phi) is 7.45. The lowest BCUT2D eigenvalue weighted by Gasteiger charge is -2.37. The van der Waals surface area contributed by atoms with Crippen molar-refractivity contribution in [3.8, 4) is 5.75 Å². The number of hydrogen-bond acceptors (Lipinski definition) is 5. The van der Waals surface area contributed by atoms with Gasteiger partial charge in [0.1, 0.15) is 5.75 Å². The first-order chi connectivity index (χ1) is 17.2. The zero-order valence-corrected chi connectivity index (χ0v) is 20.7. The van der Waals surface area contributed by atoms with Gasteiger partial charge >= 0.3 is 0 Å². The van der Waals surface area contributed by atoms with E-state index in [-0.39, 0.29) is 24.5 Å². The summed E-state index contributed by atoms with van der Waals surface area (Å²) in [4.78, 5) is 33.6. The van der Waals surface area contributed by atoms with Crippen LogP contribution in [0.1, 0.15) is 28.5 Å². The Morgan fingerprint density at radius 2 is 1.51 bits per heavy atom. The number of para-hydroxylation sites is 1. The van der Waals surface area contributed by atoms with E-state index in [1.165, 1.54) is 16.0 Å². The van der Waals surface area contributed by atoms with Gasteiger partial charge in [0.2, 0.25) is 5.91 Å². The van der Waals surface area contributed by atoms with Gasteiger partial charge in [-0.2, -0.15) is 0 Å². The first-order valence-corrected chi connectivity index (χ1v) is 13.2. The van der Waals surface area contributed by atoms with Crippen LogP contribution in [0, 0.1) is 0 Å². The molecule has 0 saturated carbocycles. The number of rotatable bonds is 6. The second-order valence-electron chi connectivity index (χ2n) is 9.05. The standard InChI is InChI=1S/C28H31N3O3S/c32-26(20-31-16-12-25-24(13-19-35-25)28(31)22-8-3-1-4-9-22)29-14-7-15-30(18-17-29)27(33)21-34-23-10-5-2-6-11-23/h1-6,8-11,13,19,28H,7,12,14-18,20-21H2. The Bertz CT molecular complexity index is 1130. The van der Waals surface area contributed by atoms with E-state index < -0.39 is 0 Å². The molecule has 0 radical (unpaired) electrons. The number of fused-ring (bicyclic) bond motifs is 1. The third-order valence-corrected chi connectivity index (χ3v) is 7.82. The number of thiophene rings is 1. The molecule has 0 spiro atoms. The van der Waals surface area contributed by atoms with Crippen molar-refractivity contribution in [2.24, 2.45) is 0 Å². The quantitative estimate of drug-likeness (QED) is 0.528. The summed E-state index contributed by atoms with van der Waals surface area (Å²) in [6.07, 6.45) is 1.76. The predicted octanol–water partition coefficient (Wildman–Crippen LogP) is 3.84. The summed E-state index contributed by atoms with van der Waals surface area (Å²) in [7, 11) is 0. The van der Waals surface area contributed by atoms with Gasteiger partial charge in [-0.1, -0.05) is 48.5 Å². The molecule has 2 aromatic carbocycles. The molecule has 0 N–H and O–H groups in total. The van der Waals surface area contributed by atoms with Crippen molar-refractivity contribution >= 4 is 23.2 Å². The Morgan fingerprint density at radius 3 is 2.26 bits per heavy atom. The first-order valence-electron chi connectivity index (χ1n) is 12.3. The average Bonchev–Trinajstić information content (AvgIpc) is 3.23. The highest BCUT2D eigenvalue weighted by Gasteiger charge is 2.32. The van der Waals surface area contributed by atoms with Crippen LogP contribution >= 0.6 is 11.3 Å². The van der Waals surface area contributed by atoms with Crippen LogP contribution in [0.15, 0.2) is 72.1 Å². The van der Waals surface area contributed by atoms with E-state index in [1.54, 1.807) is 0 Å². The summed E-state index contributed by atoms with van der Waals surface area (Å²) < 4.78 is 5.63. The van der Waals surface area contributed by atoms with Gasteiger partial charge in [0.05, 0.1) is 12.6 Å². The van der Waals surface area contributed by atoms with Crippen molar-refractivity contribution in [1.29, 1.82) is 0 Å². The zero-order valence-electron chi connectivity index (χ0n) is 19.8. The van der Waals surface area contributed by atoms with E-state index in [4.69, 9.17) is 4.74 Å². The van der Waals surface area contributed by atoms with E-state index in [2.05, 4.69) is 40.6 Å². The van der Waals surface area contributed by atoms with Crippen molar-refractivity contribution in [2.75, 3.05) is 45.9 Å². The van der Waals surface area contributed by atoms with Crippen LogP contribution in [0.2, 0.25) is 0 Å². The lowest BCUT2D eigenvalue weighted by molar-refractivity contribution is -0.135. The molecule has 182 valence electrons. The van der Waals surface area contributed by atoms with Gasteiger partial charge in [0.25, 0.3) is 5.91 Å². The topological polar surface area (TPSA) is 53.1 Å². The molecular weight excluding hydrogens is 458 g/mol. The largest absolute Gasteiger partial charge is 0.484 e. The predicted molar refractivity (Wildman–Crippen MR) is 138 cm³/mol. The molecule has 7 heteroatoms. The highest BCUT2D eigenvalue weighted by molar-refractivity contribution is 7.10. The fourth-order valence-electron chi connectivity index (χ4n) is 5.01. The van der Waals surface area contributed by atoms with Gasteiger partial charge in [-0.15, -0.1) is 11.3 Å². The number of carbonyl (C=O) groups is 2. The number of carbonyl (C=O) groups excluding carboxylic acids is 2. The second-order valence-corrected chi connectivity index (χ2v) is 10.1. The minimum Gasteiger partial charge on any atom is -0.484 e. The molecule has 5 rings (SSSR count). The van der Waals surface area contributed by atoms with Gasteiger partial charge in [-0.05, 0) is 47.5 Å². The Labute approximate surface area is 210 Å². The maximum absolute atomic E-state index is 13.4. The van der Waals surface area contributed by atoms with Gasteiger partial charge in [-0.25, -0.2) is 0 Å². The van der Waals surface area contributed by atoms with Crippen molar-refractivity contribution in [3.63, 3.8) is 0 Å². The summed E-state index contributed by atoms with van der Waals surface area (Å²) in [6.45, 7) is 3.70. The minimum absolute atomic E-state index is 0.0213. The zero-order chi connectivity index (χ0) is 24.0. The highest BCUT2D eigenvalue weighted by atomic mass is 32.1. The lowest BCUT2D eigenvalue weighted by Crippen LogP contribution is -2.45. The minimum atomic E-state index is -0.0340. The van der Waals surface area contributed by atoms with Crippen LogP contribution in [0.5, 0.6) is 5.75 Å². The fourth-order valence-corrected chi connectivity index (χ4v) is 5.91. The summed E-state index contributed by atoms with van der Waals surface area (Å²) in [5.74, 6) is 0.795. The number of amides is 2. The smallest absolute Gasteiger partial charge is 0.260 e. The van der Waals surface area contributed by atoms with Gasteiger partial charge in [-0.3, -0.25) is 14.5 Å². The SMILES string of the molecule is O=C(COc1ccccc1)N1CCCN(C(=O)CN2CCc3sccc3C2c2ccccc2)CC1. The van der Waals surface area contributed by atoms with Gasteiger partial charge < -0.3 is 14.5 Å². The highest BCUT2D eigenvalue weighted by Crippen LogP contribution is 2.37. The van der Waals surface area contributed by atoms with E-state index in [0.29, 0.717) is 38.5 Å². The number of benzene rings is 2. The molecule has 1 aromatic heterocycles. The molecule has 1 fully saturated rings. The molecule has 1 saturated heterocycles. The number of nitrogens with zero attached hydrogens (tertiary/aromatic N) is 3. The molecule has 1 atom stereocenters. The molecule has 3 heterocycles. The van der Waals surface area contributed by atoms with E-state index in [9.17, 15) is 9.59 Å². The maximum atomic E-state index is 13.4. The van der Waals surface area contributed by atoms with E-state index in [0.717, 1.165) is 19.4 Å². The van der Waals surface area contributed by atoms with Crippen LogP contribution < -0.4 is 4.74 Å². The third-order valence-electron chi connectivity index (χ3n) is 6.83. The lowest BCUT2D eigenvalue weighted by atomic mass is 9.93. The molecule has 1 unspecified atom stereocenters. The molecule has 0 bridgehead atoms. The molecule has 0 aliphatic carbocycles. The second kappa shape index (κ2) is 11.1. The van der Waals surface area contributed by atoms with Crippen molar-refractivity contribution in [2.45, 2.75) is 18.9 Å². The summed E-state index contributed by atoms with van der Waals surface area (Å²) >= 11 is 1.81. The molecule has 2 aliphatic heterocycles. The third kappa shape index (κ3) is 5.57. The summed E-state index contributed by atoms with van der Waals surface area (Å²) in [6, 6.07) is 22.2. The first kappa shape index (κ1) is 23.6. The molecular formula is C28H31N3O3S. The Hall–Kier alpha value is -3.16. The molecule has 35 heavy (non-hydrogen) atoms. The van der Waals surface area contributed by atoms with E-state index in [1.807, 2.05) is 57.5 Å². The van der Waals surface area contributed by atoms with Crippen molar-refractivity contribution < 1.29 is 14.3 Å². The van der Waals surface area contributed by atoms with Crippen molar-refractivity contribution in [1.82, 2.24) is 14.7 Å². The van der Waals surface area contributed by atoms with Crippen LogP contribution in [0.4, 0.5) is 0 Å². The Balaban J connectivity index is 1.19. The van der Waals surface area contributed by atoms with Gasteiger partial charge in [0, 0.05) is 37.6 Å². The summed E-state index contributed by atoms with van der Waals surface area (Å²) in [5.41, 5.74) is 2.55. The molecule has 3 aromatic rings.